The number of hydrogen-bond acceptors (Lipinski definition) is 4. The van der Waals surface area contributed by atoms with Crippen LogP contribution in [0.1, 0.15) is 43.2 Å². The highest BCUT2D eigenvalue weighted by atomic mass is 32.1. The number of hydrogen-bond donors (Lipinski definition) is 0. The zero-order valence-corrected chi connectivity index (χ0v) is 21.0. The Morgan fingerprint density at radius 2 is 1.74 bits per heavy atom. The molecule has 1 aliphatic heterocycles. The summed E-state index contributed by atoms with van der Waals surface area (Å²) in [5.74, 6) is 1.27. The number of benzene rings is 3. The van der Waals surface area contributed by atoms with Crippen LogP contribution >= 0.6 is 12.2 Å². The Kier molecular flexibility index (Phi) is 6.73. The van der Waals surface area contributed by atoms with Gasteiger partial charge in [-0.3, -0.25) is 9.69 Å². The van der Waals surface area contributed by atoms with E-state index in [-0.39, 0.29) is 11.9 Å². The third kappa shape index (κ3) is 4.76. The van der Waals surface area contributed by atoms with Crippen LogP contribution in [0.2, 0.25) is 0 Å². The Balaban J connectivity index is 1.33. The zero-order chi connectivity index (χ0) is 24.4. The molecule has 0 bridgehead atoms. The number of likely N-dealkylation sites (N-methyl/N-ethyl adjacent to an activating group) is 1. The van der Waals surface area contributed by atoms with Crippen LogP contribution in [0.25, 0.3) is 16.8 Å². The molecule has 0 atom stereocenters. The van der Waals surface area contributed by atoms with E-state index in [0.29, 0.717) is 28.9 Å². The molecule has 1 saturated carbocycles. The average Bonchev–Trinajstić information content (AvgIpc) is 3.11. The standard InChI is InChI=1S/C29H30N2O3S/c1-30-25(28(32)31(29(30)35)24-10-4-3-5-11-24)17-20-13-15-26(27(18-20)33-2)34-19-21-12-14-22-8-6-7-9-23(22)16-21/h6-9,12-18,24H,3-5,10-11,19H2,1-2H3/b25-17-. The Hall–Kier alpha value is -3.38. The number of carbonyl (C=O) groups excluding carboxylic acids is 1. The predicted molar refractivity (Wildman–Crippen MR) is 143 cm³/mol. The molecule has 0 N–H and O–H groups in total. The third-order valence-electron chi connectivity index (χ3n) is 6.93. The Labute approximate surface area is 211 Å². The van der Waals surface area contributed by atoms with Gasteiger partial charge in [0.1, 0.15) is 12.3 Å². The fourth-order valence-corrected chi connectivity index (χ4v) is 5.31. The van der Waals surface area contributed by atoms with Gasteiger partial charge in [0.2, 0.25) is 0 Å². The van der Waals surface area contributed by atoms with Crippen molar-refractivity contribution in [1.82, 2.24) is 9.80 Å². The third-order valence-corrected chi connectivity index (χ3v) is 7.40. The SMILES string of the molecule is COc1cc(/C=C2/C(=O)N(C3CCCCC3)C(=S)N2C)ccc1OCc1ccc2ccccc2c1. The molecular weight excluding hydrogens is 456 g/mol. The van der Waals surface area contributed by atoms with Crippen LogP contribution in [0.3, 0.4) is 0 Å². The Morgan fingerprint density at radius 3 is 2.51 bits per heavy atom. The van der Waals surface area contributed by atoms with Gasteiger partial charge in [-0.25, -0.2) is 0 Å². The van der Waals surface area contributed by atoms with Crippen molar-refractivity contribution in [3.8, 4) is 11.5 Å². The monoisotopic (exact) mass is 486 g/mol. The second kappa shape index (κ2) is 10.1. The van der Waals surface area contributed by atoms with Gasteiger partial charge in [-0.2, -0.15) is 0 Å². The van der Waals surface area contributed by atoms with E-state index in [1.54, 1.807) is 7.11 Å². The van der Waals surface area contributed by atoms with Gasteiger partial charge in [-0.1, -0.05) is 61.7 Å². The molecule has 1 amide bonds. The lowest BCUT2D eigenvalue weighted by molar-refractivity contribution is -0.124. The van der Waals surface area contributed by atoms with Crippen molar-refractivity contribution in [2.45, 2.75) is 44.8 Å². The number of amides is 1. The van der Waals surface area contributed by atoms with E-state index in [4.69, 9.17) is 21.7 Å². The number of nitrogens with zero attached hydrogens (tertiary/aromatic N) is 2. The molecule has 6 heteroatoms. The summed E-state index contributed by atoms with van der Waals surface area (Å²) in [5, 5.41) is 2.99. The maximum Gasteiger partial charge on any atom is 0.277 e. The summed E-state index contributed by atoms with van der Waals surface area (Å²) in [4.78, 5) is 16.9. The fourth-order valence-electron chi connectivity index (χ4n) is 4.98. The number of ether oxygens (including phenoxy) is 2. The lowest BCUT2D eigenvalue weighted by Gasteiger charge is -2.30. The smallest absolute Gasteiger partial charge is 0.277 e. The van der Waals surface area contributed by atoms with Crippen molar-refractivity contribution in [2.75, 3.05) is 14.2 Å². The summed E-state index contributed by atoms with van der Waals surface area (Å²) in [5.41, 5.74) is 2.54. The van der Waals surface area contributed by atoms with E-state index < -0.39 is 0 Å². The maximum atomic E-state index is 13.3. The largest absolute Gasteiger partial charge is 0.493 e. The highest BCUT2D eigenvalue weighted by Gasteiger charge is 2.40. The lowest BCUT2D eigenvalue weighted by atomic mass is 9.94. The molecule has 5 nitrogen and oxygen atoms in total. The maximum absolute atomic E-state index is 13.3. The van der Waals surface area contributed by atoms with Gasteiger partial charge in [-0.15, -0.1) is 0 Å². The van der Waals surface area contributed by atoms with E-state index in [9.17, 15) is 4.79 Å². The van der Waals surface area contributed by atoms with Gasteiger partial charge < -0.3 is 14.4 Å². The molecule has 0 unspecified atom stereocenters. The van der Waals surface area contributed by atoms with Gasteiger partial charge in [0, 0.05) is 13.1 Å². The second-order valence-electron chi connectivity index (χ2n) is 9.22. The first kappa shape index (κ1) is 23.4. The molecular formula is C29H30N2O3S. The second-order valence-corrected chi connectivity index (χ2v) is 9.58. The van der Waals surface area contributed by atoms with Crippen LogP contribution in [0.5, 0.6) is 11.5 Å². The minimum absolute atomic E-state index is 0.0139. The molecule has 0 spiro atoms. The summed E-state index contributed by atoms with van der Waals surface area (Å²) in [7, 11) is 3.50. The average molecular weight is 487 g/mol. The summed E-state index contributed by atoms with van der Waals surface area (Å²) >= 11 is 5.64. The number of carbonyl (C=O) groups is 1. The lowest BCUT2D eigenvalue weighted by Crippen LogP contribution is -2.41. The molecule has 0 aromatic heterocycles. The van der Waals surface area contributed by atoms with Crippen LogP contribution in [-0.4, -0.2) is 41.0 Å². The summed E-state index contributed by atoms with van der Waals surface area (Å²) < 4.78 is 11.7. The molecule has 35 heavy (non-hydrogen) atoms. The molecule has 3 aromatic carbocycles. The molecule has 2 fully saturated rings. The molecule has 0 radical (unpaired) electrons. The zero-order valence-electron chi connectivity index (χ0n) is 20.2. The highest BCUT2D eigenvalue weighted by molar-refractivity contribution is 7.80. The van der Waals surface area contributed by atoms with Crippen molar-refractivity contribution < 1.29 is 14.3 Å². The summed E-state index contributed by atoms with van der Waals surface area (Å²) in [6.07, 6.45) is 7.45. The Morgan fingerprint density at radius 1 is 0.971 bits per heavy atom. The van der Waals surface area contributed by atoms with Crippen molar-refractivity contribution >= 4 is 40.1 Å². The first-order chi connectivity index (χ1) is 17.0. The van der Waals surface area contributed by atoms with Crippen LogP contribution in [0.15, 0.2) is 66.4 Å². The fraction of sp³-hybridized carbons (Fsp3) is 0.310. The van der Waals surface area contributed by atoms with E-state index in [2.05, 4.69) is 30.3 Å². The Bertz CT molecular complexity index is 1300. The van der Waals surface area contributed by atoms with Gasteiger partial charge in [-0.05, 0) is 71.2 Å². The molecule has 180 valence electrons. The molecule has 1 aliphatic carbocycles. The van der Waals surface area contributed by atoms with E-state index in [0.717, 1.165) is 36.8 Å². The van der Waals surface area contributed by atoms with Crippen molar-refractivity contribution in [2.24, 2.45) is 0 Å². The van der Waals surface area contributed by atoms with Gasteiger partial charge in [0.05, 0.1) is 7.11 Å². The highest BCUT2D eigenvalue weighted by Crippen LogP contribution is 2.33. The number of rotatable bonds is 6. The quantitative estimate of drug-likeness (QED) is 0.308. The van der Waals surface area contributed by atoms with Crippen LogP contribution in [0, 0.1) is 0 Å². The van der Waals surface area contributed by atoms with Crippen LogP contribution in [0.4, 0.5) is 0 Å². The van der Waals surface area contributed by atoms with E-state index in [1.807, 2.05) is 53.3 Å². The molecule has 1 saturated heterocycles. The normalized spacial score (nSPS) is 18.1. The van der Waals surface area contributed by atoms with Crippen molar-refractivity contribution in [1.29, 1.82) is 0 Å². The summed E-state index contributed by atoms with van der Waals surface area (Å²) in [6, 6.07) is 20.5. The predicted octanol–water partition coefficient (Wildman–Crippen LogP) is 6.16. The minimum Gasteiger partial charge on any atom is -0.493 e. The van der Waals surface area contributed by atoms with Gasteiger partial charge in [0.25, 0.3) is 5.91 Å². The number of fused-ring (bicyclic) bond motifs is 1. The van der Waals surface area contributed by atoms with Gasteiger partial charge in [0.15, 0.2) is 16.6 Å². The molecule has 2 aliphatic rings. The topological polar surface area (TPSA) is 42.0 Å². The minimum atomic E-state index is -0.0139. The first-order valence-electron chi connectivity index (χ1n) is 12.2. The molecule has 1 heterocycles. The number of thiocarbonyl (C=S) groups is 1. The van der Waals surface area contributed by atoms with Crippen LogP contribution in [-0.2, 0) is 11.4 Å². The summed E-state index contributed by atoms with van der Waals surface area (Å²) in [6.45, 7) is 0.438. The van der Waals surface area contributed by atoms with Crippen molar-refractivity contribution in [3.05, 3.63) is 77.5 Å². The van der Waals surface area contributed by atoms with Gasteiger partial charge >= 0.3 is 0 Å². The van der Waals surface area contributed by atoms with E-state index in [1.165, 1.54) is 17.2 Å². The first-order valence-corrected chi connectivity index (χ1v) is 12.6. The van der Waals surface area contributed by atoms with E-state index >= 15 is 0 Å². The van der Waals surface area contributed by atoms with Crippen molar-refractivity contribution in [3.63, 3.8) is 0 Å². The number of methoxy groups -OCH3 is 1. The van der Waals surface area contributed by atoms with Crippen LogP contribution < -0.4 is 9.47 Å². The molecule has 3 aromatic rings. The molecule has 5 rings (SSSR count).